The summed E-state index contributed by atoms with van der Waals surface area (Å²) in [6.07, 6.45) is 0. The fourth-order valence-corrected chi connectivity index (χ4v) is 1.68. The topological polar surface area (TPSA) is 73.3 Å². The molecule has 0 saturated heterocycles. The van der Waals surface area contributed by atoms with Crippen LogP contribution in [0.3, 0.4) is 0 Å². The minimum absolute atomic E-state index is 0.180. The van der Waals surface area contributed by atoms with Crippen LogP contribution in [0.1, 0.15) is 25.6 Å². The summed E-state index contributed by atoms with van der Waals surface area (Å²) in [5, 5.41) is 13.7. The number of benzene rings is 1. The number of nitrogens with zero attached hydrogens (tertiary/aromatic N) is 2. The van der Waals surface area contributed by atoms with Crippen molar-refractivity contribution in [1.29, 1.82) is 0 Å². The Labute approximate surface area is 106 Å². The van der Waals surface area contributed by atoms with E-state index in [0.717, 1.165) is 5.69 Å². The van der Waals surface area contributed by atoms with E-state index < -0.39 is 0 Å². The molecule has 0 unspecified atom stereocenters. The van der Waals surface area contributed by atoms with Gasteiger partial charge < -0.3 is 15.6 Å². The third kappa shape index (κ3) is 2.74. The summed E-state index contributed by atoms with van der Waals surface area (Å²) >= 11 is 0. The number of nitrogen functional groups attached to an aromatic ring is 1. The number of phenolic OH excluding ortho intramolecular Hbond substituents is 1. The normalized spacial score (nSPS) is 10.8. The van der Waals surface area contributed by atoms with Crippen LogP contribution in [0.2, 0.25) is 0 Å². The van der Waals surface area contributed by atoms with E-state index in [0.29, 0.717) is 18.2 Å². The first-order valence-electron chi connectivity index (χ1n) is 5.82. The van der Waals surface area contributed by atoms with Gasteiger partial charge in [-0.05, 0) is 26.0 Å². The zero-order valence-electron chi connectivity index (χ0n) is 10.5. The van der Waals surface area contributed by atoms with E-state index in [4.69, 9.17) is 10.5 Å². The van der Waals surface area contributed by atoms with Gasteiger partial charge in [-0.3, -0.25) is 0 Å². The molecule has 96 valence electrons. The molecule has 5 heteroatoms. The maximum Gasteiger partial charge on any atom is 0.132 e. The van der Waals surface area contributed by atoms with Crippen LogP contribution >= 0.6 is 0 Å². The number of hydrogen-bond acceptors (Lipinski definition) is 4. The maximum atomic E-state index is 9.31. The van der Waals surface area contributed by atoms with Gasteiger partial charge >= 0.3 is 0 Å². The van der Waals surface area contributed by atoms with Crippen molar-refractivity contribution in [3.63, 3.8) is 0 Å². The zero-order chi connectivity index (χ0) is 13.1. The van der Waals surface area contributed by atoms with Crippen LogP contribution in [0.5, 0.6) is 11.5 Å². The number of rotatable bonds is 4. The van der Waals surface area contributed by atoms with Gasteiger partial charge in [0.05, 0.1) is 0 Å². The second kappa shape index (κ2) is 5.00. The van der Waals surface area contributed by atoms with Gasteiger partial charge in [-0.15, -0.1) is 0 Å². The lowest BCUT2D eigenvalue weighted by atomic mass is 10.3. The molecule has 1 heterocycles. The summed E-state index contributed by atoms with van der Waals surface area (Å²) in [6, 6.07) is 8.68. The molecule has 2 aromatic rings. The molecule has 0 aliphatic rings. The monoisotopic (exact) mass is 247 g/mol. The first-order valence-corrected chi connectivity index (χ1v) is 5.82. The predicted octanol–water partition coefficient (Wildman–Crippen LogP) is 2.33. The Morgan fingerprint density at radius 3 is 2.78 bits per heavy atom. The third-order valence-electron chi connectivity index (χ3n) is 2.51. The molecule has 0 atom stereocenters. The summed E-state index contributed by atoms with van der Waals surface area (Å²) in [7, 11) is 0. The van der Waals surface area contributed by atoms with Gasteiger partial charge in [0.1, 0.15) is 29.6 Å². The number of hydrogen-bond donors (Lipinski definition) is 2. The van der Waals surface area contributed by atoms with Crippen molar-refractivity contribution >= 4 is 5.82 Å². The lowest BCUT2D eigenvalue weighted by Crippen LogP contribution is -2.07. The van der Waals surface area contributed by atoms with Gasteiger partial charge in [0.2, 0.25) is 0 Å². The Bertz CT molecular complexity index is 535. The Hall–Kier alpha value is -2.17. The van der Waals surface area contributed by atoms with Crippen LogP contribution in [0.15, 0.2) is 30.3 Å². The van der Waals surface area contributed by atoms with Crippen molar-refractivity contribution in [2.75, 3.05) is 5.73 Å². The van der Waals surface area contributed by atoms with E-state index in [2.05, 4.69) is 5.10 Å². The average molecular weight is 247 g/mol. The first kappa shape index (κ1) is 12.3. The summed E-state index contributed by atoms with van der Waals surface area (Å²) in [6.45, 7) is 4.36. The zero-order valence-corrected chi connectivity index (χ0v) is 10.5. The standard InChI is InChI=1S/C13H17N3O2/c1-9(2)16-13(14)6-10(15-16)8-18-12-5-3-4-11(17)7-12/h3-7,9,17H,8,14H2,1-2H3. The molecule has 18 heavy (non-hydrogen) atoms. The van der Waals surface area contributed by atoms with Gasteiger partial charge in [0.15, 0.2) is 0 Å². The summed E-state index contributed by atoms with van der Waals surface area (Å²) < 4.78 is 7.28. The van der Waals surface area contributed by atoms with E-state index in [1.807, 2.05) is 13.8 Å². The van der Waals surface area contributed by atoms with E-state index in [1.54, 1.807) is 35.0 Å². The lowest BCUT2D eigenvalue weighted by Gasteiger charge is -2.07. The largest absolute Gasteiger partial charge is 0.508 e. The van der Waals surface area contributed by atoms with Crippen molar-refractivity contribution in [2.45, 2.75) is 26.5 Å². The molecular weight excluding hydrogens is 230 g/mol. The molecule has 0 fully saturated rings. The highest BCUT2D eigenvalue weighted by molar-refractivity contribution is 5.33. The minimum atomic E-state index is 0.180. The van der Waals surface area contributed by atoms with Gasteiger partial charge in [-0.2, -0.15) is 5.10 Å². The fourth-order valence-electron chi connectivity index (χ4n) is 1.68. The fraction of sp³-hybridized carbons (Fsp3) is 0.308. The van der Waals surface area contributed by atoms with E-state index in [-0.39, 0.29) is 11.8 Å². The summed E-state index contributed by atoms with van der Waals surface area (Å²) in [5.74, 6) is 1.41. The van der Waals surface area contributed by atoms with Crippen LogP contribution in [-0.4, -0.2) is 14.9 Å². The molecule has 0 bridgehead atoms. The van der Waals surface area contributed by atoms with E-state index >= 15 is 0 Å². The van der Waals surface area contributed by atoms with Crippen LogP contribution in [-0.2, 0) is 6.61 Å². The molecule has 0 spiro atoms. The predicted molar refractivity (Wildman–Crippen MR) is 69.5 cm³/mol. The quantitative estimate of drug-likeness (QED) is 0.869. The summed E-state index contributed by atoms with van der Waals surface area (Å²) in [5.41, 5.74) is 6.61. The van der Waals surface area contributed by atoms with Gasteiger partial charge in [0.25, 0.3) is 0 Å². The molecule has 0 radical (unpaired) electrons. The SMILES string of the molecule is CC(C)n1nc(COc2cccc(O)c2)cc1N. The highest BCUT2D eigenvalue weighted by Crippen LogP contribution is 2.19. The number of anilines is 1. The molecule has 0 aliphatic heterocycles. The number of nitrogens with two attached hydrogens (primary N) is 1. The minimum Gasteiger partial charge on any atom is -0.508 e. The third-order valence-corrected chi connectivity index (χ3v) is 2.51. The molecule has 0 saturated carbocycles. The molecule has 1 aromatic heterocycles. The number of aromatic hydroxyl groups is 1. The van der Waals surface area contributed by atoms with Crippen molar-refractivity contribution in [3.8, 4) is 11.5 Å². The Balaban J connectivity index is 2.04. The average Bonchev–Trinajstić information content (AvgIpc) is 2.68. The molecule has 0 amide bonds. The van der Waals surface area contributed by atoms with E-state index in [9.17, 15) is 5.11 Å². The smallest absolute Gasteiger partial charge is 0.132 e. The highest BCUT2D eigenvalue weighted by Gasteiger charge is 2.08. The van der Waals surface area contributed by atoms with Crippen LogP contribution in [0.25, 0.3) is 0 Å². The molecule has 0 aliphatic carbocycles. The van der Waals surface area contributed by atoms with Crippen LogP contribution < -0.4 is 10.5 Å². The van der Waals surface area contributed by atoms with Crippen molar-refractivity contribution in [3.05, 3.63) is 36.0 Å². The van der Waals surface area contributed by atoms with Crippen molar-refractivity contribution in [2.24, 2.45) is 0 Å². The number of ether oxygens (including phenoxy) is 1. The number of phenols is 1. The van der Waals surface area contributed by atoms with Crippen LogP contribution in [0.4, 0.5) is 5.82 Å². The first-order chi connectivity index (χ1) is 8.56. The summed E-state index contributed by atoms with van der Waals surface area (Å²) in [4.78, 5) is 0. The second-order valence-electron chi connectivity index (χ2n) is 4.38. The number of aromatic nitrogens is 2. The molecule has 2 rings (SSSR count). The highest BCUT2D eigenvalue weighted by atomic mass is 16.5. The van der Waals surface area contributed by atoms with Crippen molar-refractivity contribution in [1.82, 2.24) is 9.78 Å². The van der Waals surface area contributed by atoms with E-state index in [1.165, 1.54) is 0 Å². The maximum absolute atomic E-state index is 9.31. The lowest BCUT2D eigenvalue weighted by molar-refractivity contribution is 0.297. The Morgan fingerprint density at radius 2 is 2.17 bits per heavy atom. The molecule has 1 aromatic carbocycles. The molecule has 3 N–H and O–H groups in total. The van der Waals surface area contributed by atoms with Crippen LogP contribution in [0, 0.1) is 0 Å². The Morgan fingerprint density at radius 1 is 1.39 bits per heavy atom. The van der Waals surface area contributed by atoms with Crippen molar-refractivity contribution < 1.29 is 9.84 Å². The molecule has 5 nitrogen and oxygen atoms in total. The second-order valence-corrected chi connectivity index (χ2v) is 4.38. The van der Waals surface area contributed by atoms with Gasteiger partial charge in [0, 0.05) is 18.2 Å². The Kier molecular flexibility index (Phi) is 3.41. The van der Waals surface area contributed by atoms with Gasteiger partial charge in [-0.1, -0.05) is 6.07 Å². The molecular formula is C13H17N3O2. The van der Waals surface area contributed by atoms with Gasteiger partial charge in [-0.25, -0.2) is 4.68 Å².